The van der Waals surface area contributed by atoms with Gasteiger partial charge < -0.3 is 10.3 Å². The summed E-state index contributed by atoms with van der Waals surface area (Å²) >= 11 is 14.1. The van der Waals surface area contributed by atoms with Crippen molar-refractivity contribution in [2.45, 2.75) is 12.8 Å². The Morgan fingerprint density at radius 1 is 1.03 bits per heavy atom. The van der Waals surface area contributed by atoms with Gasteiger partial charge in [0, 0.05) is 46.7 Å². The fourth-order valence-corrected chi connectivity index (χ4v) is 4.93. The number of imidazole rings is 1. The molecule has 9 heteroatoms. The zero-order valence-electron chi connectivity index (χ0n) is 14.9. The van der Waals surface area contributed by atoms with E-state index in [1.165, 1.54) is 11.3 Å². The van der Waals surface area contributed by atoms with Crippen molar-refractivity contribution >= 4 is 46.3 Å². The Kier molecular flexibility index (Phi) is 4.58. The Labute approximate surface area is 180 Å². The molecular weight excluding hydrogens is 429 g/mol. The first kappa shape index (κ1) is 18.3. The Balaban J connectivity index is 1.71. The van der Waals surface area contributed by atoms with Gasteiger partial charge in [0.1, 0.15) is 16.6 Å². The number of aromatic nitrogens is 4. The van der Waals surface area contributed by atoms with Crippen LogP contribution in [0, 0.1) is 0 Å². The highest BCUT2D eigenvalue weighted by molar-refractivity contribution is 7.18. The summed E-state index contributed by atoms with van der Waals surface area (Å²) < 4.78 is 0. The van der Waals surface area contributed by atoms with Crippen LogP contribution in [0.4, 0.5) is 5.82 Å². The van der Waals surface area contributed by atoms with E-state index in [9.17, 15) is 4.79 Å². The summed E-state index contributed by atoms with van der Waals surface area (Å²) in [5.74, 6) is 1.29. The fourth-order valence-electron chi connectivity index (χ4n) is 3.34. The van der Waals surface area contributed by atoms with E-state index in [1.807, 2.05) is 12.1 Å². The number of H-pyrrole nitrogens is 1. The molecule has 0 saturated carbocycles. The van der Waals surface area contributed by atoms with Gasteiger partial charge in [-0.1, -0.05) is 23.2 Å². The molecule has 3 aromatic heterocycles. The molecule has 29 heavy (non-hydrogen) atoms. The fraction of sp³-hybridized carbons (Fsp3) is 0.100. The molecule has 0 radical (unpaired) electrons. The number of hydrogen-bond donors (Lipinski definition) is 2. The molecule has 2 N–H and O–H groups in total. The summed E-state index contributed by atoms with van der Waals surface area (Å²) in [5.41, 5.74) is 3.44. The SMILES string of the molecule is O=C1CCc2c(-c3nc(-c4ccc(Cl)cc4Cl)c(-c4ncc[nH]4)s3)ccnc2N1. The maximum absolute atomic E-state index is 11.7. The van der Waals surface area contributed by atoms with Crippen LogP contribution in [-0.2, 0) is 11.2 Å². The summed E-state index contributed by atoms with van der Waals surface area (Å²) in [6.45, 7) is 0. The van der Waals surface area contributed by atoms with E-state index in [2.05, 4.69) is 20.3 Å². The molecule has 1 aromatic carbocycles. The molecule has 1 aliphatic rings. The lowest BCUT2D eigenvalue weighted by atomic mass is 10.0. The van der Waals surface area contributed by atoms with Gasteiger partial charge in [-0.05, 0) is 30.7 Å². The number of carbonyl (C=O) groups excluding carboxylic acids is 1. The third-order valence-corrected chi connectivity index (χ3v) is 6.32. The third-order valence-electron chi connectivity index (χ3n) is 4.67. The van der Waals surface area contributed by atoms with Crippen molar-refractivity contribution < 1.29 is 4.79 Å². The molecule has 0 fully saturated rings. The summed E-state index contributed by atoms with van der Waals surface area (Å²) in [5, 5.41) is 4.73. The van der Waals surface area contributed by atoms with Crippen molar-refractivity contribution in [2.75, 3.05) is 5.32 Å². The molecule has 0 bridgehead atoms. The molecule has 0 unspecified atom stereocenters. The molecule has 0 spiro atoms. The number of thiazole rings is 1. The smallest absolute Gasteiger partial charge is 0.225 e. The topological polar surface area (TPSA) is 83.6 Å². The van der Waals surface area contributed by atoms with Gasteiger partial charge >= 0.3 is 0 Å². The van der Waals surface area contributed by atoms with Crippen LogP contribution >= 0.6 is 34.5 Å². The Bertz CT molecular complexity index is 1240. The number of halogens is 2. The zero-order valence-corrected chi connectivity index (χ0v) is 17.2. The zero-order chi connectivity index (χ0) is 20.0. The van der Waals surface area contributed by atoms with Gasteiger partial charge in [0.2, 0.25) is 5.91 Å². The number of benzene rings is 1. The van der Waals surface area contributed by atoms with Crippen molar-refractivity contribution in [3.63, 3.8) is 0 Å². The number of aromatic amines is 1. The minimum absolute atomic E-state index is 0.0220. The Hall–Kier alpha value is -2.74. The van der Waals surface area contributed by atoms with Gasteiger partial charge in [-0.15, -0.1) is 11.3 Å². The van der Waals surface area contributed by atoms with Gasteiger partial charge in [0.15, 0.2) is 0 Å². The maximum atomic E-state index is 11.7. The third kappa shape index (κ3) is 3.31. The average molecular weight is 442 g/mol. The van der Waals surface area contributed by atoms with Crippen LogP contribution in [0.5, 0.6) is 0 Å². The molecule has 4 heterocycles. The lowest BCUT2D eigenvalue weighted by Gasteiger charge is -2.17. The molecule has 6 nitrogen and oxygen atoms in total. The predicted octanol–water partition coefficient (Wildman–Crippen LogP) is 5.45. The van der Waals surface area contributed by atoms with E-state index in [1.54, 1.807) is 30.7 Å². The number of nitrogens with zero attached hydrogens (tertiary/aromatic N) is 3. The molecule has 0 saturated heterocycles. The second-order valence-electron chi connectivity index (χ2n) is 6.49. The summed E-state index contributed by atoms with van der Waals surface area (Å²) in [4.78, 5) is 29.4. The number of amides is 1. The second-order valence-corrected chi connectivity index (χ2v) is 8.34. The van der Waals surface area contributed by atoms with Crippen molar-refractivity contribution in [1.82, 2.24) is 19.9 Å². The molecule has 4 aromatic rings. The second kappa shape index (κ2) is 7.26. The number of nitrogens with one attached hydrogen (secondary N) is 2. The van der Waals surface area contributed by atoms with E-state index in [0.29, 0.717) is 34.5 Å². The van der Waals surface area contributed by atoms with Gasteiger partial charge in [0.25, 0.3) is 0 Å². The van der Waals surface area contributed by atoms with Crippen LogP contribution < -0.4 is 5.32 Å². The number of carbonyl (C=O) groups is 1. The van der Waals surface area contributed by atoms with E-state index in [4.69, 9.17) is 28.2 Å². The molecular formula is C20H13Cl2N5OS. The van der Waals surface area contributed by atoms with E-state index in [0.717, 1.165) is 32.3 Å². The number of hydrogen-bond acceptors (Lipinski definition) is 5. The lowest BCUT2D eigenvalue weighted by Crippen LogP contribution is -2.20. The molecule has 1 aliphatic heterocycles. The number of pyridine rings is 1. The quantitative estimate of drug-likeness (QED) is 0.442. The van der Waals surface area contributed by atoms with Crippen molar-refractivity contribution in [3.8, 4) is 32.5 Å². The predicted molar refractivity (Wildman–Crippen MR) is 115 cm³/mol. The minimum Gasteiger partial charge on any atom is -0.344 e. The van der Waals surface area contributed by atoms with Gasteiger partial charge in [-0.2, -0.15) is 0 Å². The number of fused-ring (bicyclic) bond motifs is 1. The van der Waals surface area contributed by atoms with Crippen LogP contribution in [0.1, 0.15) is 12.0 Å². The molecule has 0 aliphatic carbocycles. The van der Waals surface area contributed by atoms with Gasteiger partial charge in [-0.3, -0.25) is 4.79 Å². The summed E-state index contributed by atoms with van der Waals surface area (Å²) in [7, 11) is 0. The largest absolute Gasteiger partial charge is 0.344 e. The highest BCUT2D eigenvalue weighted by Crippen LogP contribution is 2.43. The first-order valence-corrected chi connectivity index (χ1v) is 10.4. The molecule has 1 amide bonds. The van der Waals surface area contributed by atoms with Gasteiger partial charge in [0.05, 0.1) is 15.6 Å². The van der Waals surface area contributed by atoms with Crippen LogP contribution in [0.3, 0.4) is 0 Å². The summed E-state index contributed by atoms with van der Waals surface area (Å²) in [6.07, 6.45) is 6.20. The minimum atomic E-state index is -0.0220. The first-order valence-electron chi connectivity index (χ1n) is 8.84. The normalized spacial score (nSPS) is 13.2. The number of rotatable bonds is 3. The highest BCUT2D eigenvalue weighted by atomic mass is 35.5. The summed E-state index contributed by atoms with van der Waals surface area (Å²) in [6, 6.07) is 7.28. The number of anilines is 1. The standard InChI is InChI=1S/C20H13Cl2N5OS/c21-10-1-2-13(14(22)9-10)16-17(19-24-7-8-25-19)29-20(27-16)12-5-6-23-18-11(12)3-4-15(28)26-18/h1-2,5-9H,3-4H2,(H,24,25)(H,23,26,28). The van der Waals surface area contributed by atoms with E-state index < -0.39 is 0 Å². The maximum Gasteiger partial charge on any atom is 0.225 e. The lowest BCUT2D eigenvalue weighted by molar-refractivity contribution is -0.116. The van der Waals surface area contributed by atoms with Crippen LogP contribution in [0.15, 0.2) is 42.9 Å². The molecule has 0 atom stereocenters. The van der Waals surface area contributed by atoms with Crippen molar-refractivity contribution in [3.05, 3.63) is 58.5 Å². The van der Waals surface area contributed by atoms with E-state index >= 15 is 0 Å². The Morgan fingerprint density at radius 3 is 2.72 bits per heavy atom. The van der Waals surface area contributed by atoms with Crippen LogP contribution in [0.2, 0.25) is 10.0 Å². The van der Waals surface area contributed by atoms with Gasteiger partial charge in [-0.25, -0.2) is 15.0 Å². The van der Waals surface area contributed by atoms with Crippen LogP contribution in [-0.4, -0.2) is 25.8 Å². The average Bonchev–Trinajstić information content (AvgIpc) is 3.37. The van der Waals surface area contributed by atoms with Crippen molar-refractivity contribution in [1.29, 1.82) is 0 Å². The van der Waals surface area contributed by atoms with Crippen molar-refractivity contribution in [2.24, 2.45) is 0 Å². The van der Waals surface area contributed by atoms with Crippen LogP contribution in [0.25, 0.3) is 32.5 Å². The monoisotopic (exact) mass is 441 g/mol. The molecule has 144 valence electrons. The molecule has 5 rings (SSSR count). The van der Waals surface area contributed by atoms with E-state index in [-0.39, 0.29) is 5.91 Å². The first-order chi connectivity index (χ1) is 14.1. The highest BCUT2D eigenvalue weighted by Gasteiger charge is 2.24. The Morgan fingerprint density at radius 2 is 1.93 bits per heavy atom.